The number of aliphatic hydroxyl groups is 1. The Kier molecular flexibility index (Phi) is 5.85. The Morgan fingerprint density at radius 1 is 1.18 bits per heavy atom. The minimum atomic E-state index is -4.68. The number of hydrogen-bond donors (Lipinski definition) is 1. The number of allylic oxidation sites excluding steroid dienone is 1. The van der Waals surface area contributed by atoms with Crippen LogP contribution in [0.4, 0.5) is 13.2 Å². The van der Waals surface area contributed by atoms with Crippen LogP contribution in [0.15, 0.2) is 17.7 Å². The molecule has 1 heterocycles. The lowest BCUT2D eigenvalue weighted by atomic mass is 9.81. The lowest BCUT2D eigenvalue weighted by Gasteiger charge is -2.21. The first-order valence-corrected chi connectivity index (χ1v) is 8.89. The quantitative estimate of drug-likeness (QED) is 0.342. The van der Waals surface area contributed by atoms with Crippen LogP contribution in [0.2, 0.25) is 0 Å². The summed E-state index contributed by atoms with van der Waals surface area (Å²) in [6.07, 6.45) is -3.07. The molecule has 0 spiro atoms. The summed E-state index contributed by atoms with van der Waals surface area (Å²) in [5.41, 5.74) is -1.79. The van der Waals surface area contributed by atoms with Gasteiger partial charge in [0.05, 0.1) is 25.5 Å². The maximum absolute atomic E-state index is 13.0. The fraction of sp³-hybridized carbons (Fsp3) is 0.526. The average molecular weight is 399 g/mol. The molecule has 3 rings (SSSR count). The molecule has 2 fully saturated rings. The second-order valence-corrected chi connectivity index (χ2v) is 6.89. The molecule has 2 unspecified atom stereocenters. The normalized spacial score (nSPS) is 22.1. The number of pyridine rings is 1. The van der Waals surface area contributed by atoms with Gasteiger partial charge in [0.2, 0.25) is 0 Å². The van der Waals surface area contributed by atoms with Crippen molar-refractivity contribution in [2.24, 2.45) is 11.8 Å². The molecule has 1 aromatic rings. The number of Topliss-reactive ketones (excluding diaryl/α,β-unsaturated/α-hetero) is 2. The van der Waals surface area contributed by atoms with E-state index in [-0.39, 0.29) is 48.5 Å². The standard InChI is InChI=1S/C19H20F3NO5/c1-27-6-7-28-9-13-12(4-5-14(23-13)19(20,21)22)18(26)15-16(24)10-2-3-11(8-10)17(15)25/h4-5,10-11,26H,2-3,6-9H2,1H3. The van der Waals surface area contributed by atoms with Gasteiger partial charge in [-0.15, -0.1) is 0 Å². The van der Waals surface area contributed by atoms with Crippen molar-refractivity contribution in [2.45, 2.75) is 32.0 Å². The highest BCUT2D eigenvalue weighted by atomic mass is 19.4. The van der Waals surface area contributed by atoms with Gasteiger partial charge in [-0.25, -0.2) is 4.98 Å². The maximum Gasteiger partial charge on any atom is 0.433 e. The highest BCUT2D eigenvalue weighted by Crippen LogP contribution is 2.42. The third-order valence-electron chi connectivity index (χ3n) is 5.09. The predicted molar refractivity (Wildman–Crippen MR) is 91.2 cm³/mol. The van der Waals surface area contributed by atoms with Crippen molar-refractivity contribution in [3.63, 3.8) is 0 Å². The Hall–Kier alpha value is -2.26. The predicted octanol–water partition coefficient (Wildman–Crippen LogP) is 3.10. The minimum absolute atomic E-state index is 0.104. The number of nitrogens with zero attached hydrogens (tertiary/aromatic N) is 1. The van der Waals surface area contributed by atoms with Gasteiger partial charge in [0.1, 0.15) is 17.0 Å². The van der Waals surface area contributed by atoms with Crippen molar-refractivity contribution in [1.29, 1.82) is 0 Å². The van der Waals surface area contributed by atoms with E-state index in [9.17, 15) is 27.9 Å². The Balaban J connectivity index is 2.01. The molecule has 152 valence electrons. The van der Waals surface area contributed by atoms with Gasteiger partial charge < -0.3 is 14.6 Å². The number of ether oxygens (including phenoxy) is 2. The Morgan fingerprint density at radius 2 is 1.82 bits per heavy atom. The molecule has 28 heavy (non-hydrogen) atoms. The third kappa shape index (κ3) is 3.95. The summed E-state index contributed by atoms with van der Waals surface area (Å²) in [6.45, 7) is -0.00982. The van der Waals surface area contributed by atoms with Gasteiger partial charge in [-0.1, -0.05) is 0 Å². The van der Waals surface area contributed by atoms with Crippen LogP contribution in [-0.2, 0) is 31.8 Å². The molecule has 2 bridgehead atoms. The van der Waals surface area contributed by atoms with Crippen LogP contribution in [0.3, 0.4) is 0 Å². The smallest absolute Gasteiger partial charge is 0.433 e. The van der Waals surface area contributed by atoms with Crippen molar-refractivity contribution in [1.82, 2.24) is 4.98 Å². The van der Waals surface area contributed by atoms with E-state index in [1.165, 1.54) is 7.11 Å². The van der Waals surface area contributed by atoms with Gasteiger partial charge >= 0.3 is 6.18 Å². The molecule has 2 aliphatic carbocycles. The first-order chi connectivity index (χ1) is 13.2. The van der Waals surface area contributed by atoms with Crippen molar-refractivity contribution >= 4 is 17.3 Å². The van der Waals surface area contributed by atoms with Gasteiger partial charge in [0.25, 0.3) is 0 Å². The van der Waals surface area contributed by atoms with E-state index in [4.69, 9.17) is 9.47 Å². The van der Waals surface area contributed by atoms with Gasteiger partial charge in [0.15, 0.2) is 11.6 Å². The van der Waals surface area contributed by atoms with Gasteiger partial charge in [-0.05, 0) is 31.4 Å². The second-order valence-electron chi connectivity index (χ2n) is 6.89. The number of carbonyl (C=O) groups is 2. The van der Waals surface area contributed by atoms with Gasteiger partial charge in [-0.3, -0.25) is 9.59 Å². The average Bonchev–Trinajstić information content (AvgIpc) is 3.10. The lowest BCUT2D eigenvalue weighted by Crippen LogP contribution is -2.30. The molecule has 0 amide bonds. The van der Waals surface area contributed by atoms with Crippen molar-refractivity contribution in [3.05, 3.63) is 34.7 Å². The molecule has 6 nitrogen and oxygen atoms in total. The maximum atomic E-state index is 13.0. The molecule has 0 aliphatic heterocycles. The number of aromatic nitrogens is 1. The number of alkyl halides is 3. The summed E-state index contributed by atoms with van der Waals surface area (Å²) in [4.78, 5) is 28.7. The summed E-state index contributed by atoms with van der Waals surface area (Å²) >= 11 is 0. The van der Waals surface area contributed by atoms with Crippen LogP contribution < -0.4 is 0 Å². The molecule has 0 radical (unpaired) electrons. The monoisotopic (exact) mass is 399 g/mol. The van der Waals surface area contributed by atoms with Crippen LogP contribution in [-0.4, -0.2) is 42.0 Å². The fourth-order valence-electron chi connectivity index (χ4n) is 3.65. The number of halogens is 3. The Labute approximate surface area is 159 Å². The molecule has 1 aromatic heterocycles. The number of rotatable bonds is 6. The molecule has 0 saturated heterocycles. The number of methoxy groups -OCH3 is 1. The van der Waals surface area contributed by atoms with Crippen LogP contribution in [0.1, 0.15) is 36.2 Å². The van der Waals surface area contributed by atoms with Crippen molar-refractivity contribution in [3.8, 4) is 0 Å². The number of carbonyl (C=O) groups excluding carboxylic acids is 2. The van der Waals surface area contributed by atoms with Crippen LogP contribution in [0, 0.1) is 11.8 Å². The summed E-state index contributed by atoms with van der Waals surface area (Å²) < 4.78 is 49.2. The van der Waals surface area contributed by atoms with E-state index in [2.05, 4.69) is 4.98 Å². The van der Waals surface area contributed by atoms with E-state index >= 15 is 0 Å². The van der Waals surface area contributed by atoms with Crippen molar-refractivity contribution in [2.75, 3.05) is 20.3 Å². The second kappa shape index (κ2) is 8.00. The molecule has 2 atom stereocenters. The van der Waals surface area contributed by atoms with Crippen LogP contribution in [0.25, 0.3) is 5.76 Å². The van der Waals surface area contributed by atoms with E-state index in [1.807, 2.05) is 0 Å². The lowest BCUT2D eigenvalue weighted by molar-refractivity contribution is -0.141. The zero-order valence-electron chi connectivity index (χ0n) is 15.2. The van der Waals surface area contributed by atoms with E-state index in [1.54, 1.807) is 0 Å². The molecule has 2 saturated carbocycles. The van der Waals surface area contributed by atoms with Crippen LogP contribution in [0.5, 0.6) is 0 Å². The first kappa shape index (κ1) is 20.5. The molecule has 2 aliphatic rings. The first-order valence-electron chi connectivity index (χ1n) is 8.89. The molecular weight excluding hydrogens is 379 g/mol. The summed E-state index contributed by atoms with van der Waals surface area (Å²) in [6, 6.07) is 1.72. The number of fused-ring (bicyclic) bond motifs is 2. The minimum Gasteiger partial charge on any atom is -0.506 e. The largest absolute Gasteiger partial charge is 0.506 e. The topological polar surface area (TPSA) is 85.7 Å². The SMILES string of the molecule is COCCOCc1nc(C(F)(F)F)ccc1C(O)=C1C(=O)C2CCC(C2)C1=O. The van der Waals surface area contributed by atoms with Crippen LogP contribution >= 0.6 is 0 Å². The molecule has 0 aromatic carbocycles. The molecule has 1 N–H and O–H groups in total. The summed E-state index contributed by atoms with van der Waals surface area (Å²) in [5.74, 6) is -2.20. The van der Waals surface area contributed by atoms with E-state index < -0.39 is 29.2 Å². The number of aliphatic hydroxyl groups excluding tert-OH is 1. The van der Waals surface area contributed by atoms with E-state index in [0.29, 0.717) is 25.3 Å². The zero-order chi connectivity index (χ0) is 20.5. The Morgan fingerprint density at radius 3 is 2.39 bits per heavy atom. The summed E-state index contributed by atoms with van der Waals surface area (Å²) in [5, 5.41) is 10.7. The molecular formula is C19H20F3NO5. The van der Waals surface area contributed by atoms with Crippen molar-refractivity contribution < 1.29 is 37.3 Å². The van der Waals surface area contributed by atoms with E-state index in [0.717, 1.165) is 6.07 Å². The highest BCUT2D eigenvalue weighted by molar-refractivity contribution is 6.27. The van der Waals surface area contributed by atoms with Gasteiger partial charge in [-0.2, -0.15) is 13.2 Å². The number of hydrogen-bond acceptors (Lipinski definition) is 6. The number of ketones is 2. The zero-order valence-corrected chi connectivity index (χ0v) is 15.2. The third-order valence-corrected chi connectivity index (χ3v) is 5.09. The molecule has 9 heteroatoms. The summed E-state index contributed by atoms with van der Waals surface area (Å²) in [7, 11) is 1.45. The Bertz CT molecular complexity index is 794. The van der Waals surface area contributed by atoms with Gasteiger partial charge in [0, 0.05) is 24.5 Å². The fourth-order valence-corrected chi connectivity index (χ4v) is 3.65. The highest BCUT2D eigenvalue weighted by Gasteiger charge is 2.45.